The fourth-order valence-corrected chi connectivity index (χ4v) is 3.69. The lowest BCUT2D eigenvalue weighted by molar-refractivity contribution is -0.131. The highest BCUT2D eigenvalue weighted by Crippen LogP contribution is 2.22. The van der Waals surface area contributed by atoms with Crippen LogP contribution in [0.1, 0.15) is 49.2 Å². The fourth-order valence-electron chi connectivity index (χ4n) is 2.72. The molecule has 1 aliphatic heterocycles. The van der Waals surface area contributed by atoms with Gasteiger partial charge >= 0.3 is 0 Å². The zero-order valence-corrected chi connectivity index (χ0v) is 13.8. The van der Waals surface area contributed by atoms with Gasteiger partial charge in [0.1, 0.15) is 0 Å². The normalized spacial score (nSPS) is 16.6. The van der Waals surface area contributed by atoms with Crippen LogP contribution >= 0.6 is 11.3 Å². The first-order valence-electron chi connectivity index (χ1n) is 7.43. The zero-order chi connectivity index (χ0) is 14.8. The van der Waals surface area contributed by atoms with Gasteiger partial charge in [-0.2, -0.15) is 0 Å². The summed E-state index contributed by atoms with van der Waals surface area (Å²) in [6.45, 7) is 10.8. The molecule has 4 nitrogen and oxygen atoms in total. The van der Waals surface area contributed by atoms with Gasteiger partial charge in [0.15, 0.2) is 0 Å². The molecule has 1 saturated heterocycles. The topological polar surface area (TPSA) is 45.2 Å². The molecule has 5 heteroatoms. The highest BCUT2D eigenvalue weighted by Gasteiger charge is 2.35. The first kappa shape index (κ1) is 15.4. The highest BCUT2D eigenvalue weighted by atomic mass is 32.1. The molecule has 1 aliphatic rings. The summed E-state index contributed by atoms with van der Waals surface area (Å²) in [5.74, 6) is 0.118. The van der Waals surface area contributed by atoms with Gasteiger partial charge in [0.2, 0.25) is 5.91 Å². The summed E-state index contributed by atoms with van der Waals surface area (Å²) in [5.41, 5.74) is 0.703. The van der Waals surface area contributed by atoms with Crippen LogP contribution in [0.3, 0.4) is 0 Å². The average molecular weight is 295 g/mol. The third-order valence-electron chi connectivity index (χ3n) is 4.08. The molecular formula is C15H25N3OS. The Hall–Kier alpha value is -0.940. The number of carbonyl (C=O) groups is 1. The van der Waals surface area contributed by atoms with Crippen molar-refractivity contribution in [1.82, 2.24) is 15.2 Å². The number of rotatable bonds is 5. The van der Waals surface area contributed by atoms with Crippen molar-refractivity contribution >= 4 is 17.2 Å². The quantitative estimate of drug-likeness (QED) is 0.908. The molecule has 1 amide bonds. The van der Waals surface area contributed by atoms with Crippen molar-refractivity contribution in [2.24, 2.45) is 0 Å². The van der Waals surface area contributed by atoms with Crippen LogP contribution in [0.4, 0.5) is 0 Å². The summed E-state index contributed by atoms with van der Waals surface area (Å²) in [6, 6.07) is 0. The Morgan fingerprint density at radius 3 is 2.65 bits per heavy atom. The van der Waals surface area contributed by atoms with Gasteiger partial charge < -0.3 is 5.32 Å². The predicted molar refractivity (Wildman–Crippen MR) is 83.0 cm³/mol. The van der Waals surface area contributed by atoms with Gasteiger partial charge in [-0.05, 0) is 53.1 Å². The largest absolute Gasteiger partial charge is 0.350 e. The van der Waals surface area contributed by atoms with Gasteiger partial charge in [-0.3, -0.25) is 9.69 Å². The van der Waals surface area contributed by atoms with Gasteiger partial charge in [-0.25, -0.2) is 4.98 Å². The van der Waals surface area contributed by atoms with Crippen LogP contribution in [0.25, 0.3) is 0 Å². The second-order valence-electron chi connectivity index (χ2n) is 5.89. The van der Waals surface area contributed by atoms with Crippen molar-refractivity contribution in [3.63, 3.8) is 0 Å². The van der Waals surface area contributed by atoms with E-state index in [0.29, 0.717) is 6.54 Å². The molecule has 1 aromatic heterocycles. The number of carbonyl (C=O) groups excluding carboxylic acids is 1. The molecule has 0 unspecified atom stereocenters. The number of nitrogens with one attached hydrogen (secondary N) is 1. The Labute approximate surface area is 125 Å². The van der Waals surface area contributed by atoms with Crippen molar-refractivity contribution in [1.29, 1.82) is 0 Å². The average Bonchev–Trinajstić information content (AvgIpc) is 3.04. The number of nitrogens with zero attached hydrogens (tertiary/aromatic N) is 2. The standard InChI is InChI=1S/C15H25N3OS/c1-5-12-13(20-11(2)17-12)10-16-14(19)15(3,4)18-8-6-7-9-18/h5-10H2,1-4H3,(H,16,19). The van der Waals surface area contributed by atoms with E-state index in [-0.39, 0.29) is 5.91 Å². The molecule has 2 rings (SSSR count). The summed E-state index contributed by atoms with van der Waals surface area (Å²) in [4.78, 5) is 20.4. The molecule has 0 saturated carbocycles. The van der Waals surface area contributed by atoms with Gasteiger partial charge in [-0.1, -0.05) is 6.92 Å². The minimum atomic E-state index is -0.414. The Kier molecular flexibility index (Phi) is 4.81. The number of hydrogen-bond donors (Lipinski definition) is 1. The lowest BCUT2D eigenvalue weighted by Gasteiger charge is -2.33. The summed E-state index contributed by atoms with van der Waals surface area (Å²) < 4.78 is 0. The smallest absolute Gasteiger partial charge is 0.240 e. The summed E-state index contributed by atoms with van der Waals surface area (Å²) in [5, 5.41) is 4.17. The molecule has 1 fully saturated rings. The van der Waals surface area contributed by atoms with E-state index in [0.717, 1.165) is 30.2 Å². The van der Waals surface area contributed by atoms with Crippen LogP contribution in [0, 0.1) is 6.92 Å². The highest BCUT2D eigenvalue weighted by molar-refractivity contribution is 7.11. The molecule has 2 heterocycles. The number of likely N-dealkylation sites (tertiary alicyclic amines) is 1. The third-order valence-corrected chi connectivity index (χ3v) is 5.09. The van der Waals surface area contributed by atoms with E-state index in [2.05, 4.69) is 22.1 Å². The van der Waals surface area contributed by atoms with E-state index in [4.69, 9.17) is 0 Å². The van der Waals surface area contributed by atoms with E-state index in [1.54, 1.807) is 11.3 Å². The number of hydrogen-bond acceptors (Lipinski definition) is 4. The molecule has 0 aromatic carbocycles. The van der Waals surface area contributed by atoms with Crippen LogP contribution in [0.5, 0.6) is 0 Å². The summed E-state index contributed by atoms with van der Waals surface area (Å²) in [7, 11) is 0. The van der Waals surface area contributed by atoms with Crippen LogP contribution in [-0.2, 0) is 17.8 Å². The number of aromatic nitrogens is 1. The number of amides is 1. The molecule has 0 atom stereocenters. The second kappa shape index (κ2) is 6.22. The van der Waals surface area contributed by atoms with Crippen molar-refractivity contribution in [2.75, 3.05) is 13.1 Å². The first-order valence-corrected chi connectivity index (χ1v) is 8.25. The number of aryl methyl sites for hydroxylation is 2. The first-order chi connectivity index (χ1) is 9.45. The van der Waals surface area contributed by atoms with Crippen LogP contribution < -0.4 is 5.32 Å². The molecule has 0 radical (unpaired) electrons. The predicted octanol–water partition coefficient (Wildman–Crippen LogP) is 2.50. The van der Waals surface area contributed by atoms with Crippen molar-refractivity contribution in [2.45, 2.75) is 59.0 Å². The molecule has 0 spiro atoms. The molecule has 20 heavy (non-hydrogen) atoms. The molecule has 1 N–H and O–H groups in total. The van der Waals surface area contributed by atoms with E-state index in [1.807, 2.05) is 20.8 Å². The Morgan fingerprint density at radius 1 is 1.40 bits per heavy atom. The number of thiazole rings is 1. The fraction of sp³-hybridized carbons (Fsp3) is 0.733. The van der Waals surface area contributed by atoms with E-state index < -0.39 is 5.54 Å². The SMILES string of the molecule is CCc1nc(C)sc1CNC(=O)C(C)(C)N1CCCC1. The summed E-state index contributed by atoms with van der Waals surface area (Å²) in [6.07, 6.45) is 3.32. The molecular weight excluding hydrogens is 270 g/mol. The van der Waals surface area contributed by atoms with Gasteiger partial charge in [0.25, 0.3) is 0 Å². The third kappa shape index (κ3) is 3.20. The monoisotopic (exact) mass is 295 g/mol. The van der Waals surface area contributed by atoms with Crippen molar-refractivity contribution < 1.29 is 4.79 Å². The maximum Gasteiger partial charge on any atom is 0.240 e. The second-order valence-corrected chi connectivity index (χ2v) is 7.18. The minimum absolute atomic E-state index is 0.118. The maximum absolute atomic E-state index is 12.5. The zero-order valence-electron chi connectivity index (χ0n) is 13.0. The van der Waals surface area contributed by atoms with Crippen LogP contribution in [-0.4, -0.2) is 34.4 Å². The summed E-state index contributed by atoms with van der Waals surface area (Å²) >= 11 is 1.68. The van der Waals surface area contributed by atoms with Crippen molar-refractivity contribution in [3.8, 4) is 0 Å². The van der Waals surface area contributed by atoms with Gasteiger partial charge in [0, 0.05) is 4.88 Å². The lowest BCUT2D eigenvalue weighted by atomic mass is 10.0. The van der Waals surface area contributed by atoms with E-state index >= 15 is 0 Å². The molecule has 0 bridgehead atoms. The molecule has 0 aliphatic carbocycles. The van der Waals surface area contributed by atoms with Crippen LogP contribution in [0.15, 0.2) is 0 Å². The Bertz CT molecular complexity index is 475. The van der Waals surface area contributed by atoms with E-state index in [1.165, 1.54) is 17.7 Å². The molecule has 1 aromatic rings. The molecule has 112 valence electrons. The van der Waals surface area contributed by atoms with Crippen LogP contribution in [0.2, 0.25) is 0 Å². The van der Waals surface area contributed by atoms with Crippen molar-refractivity contribution in [3.05, 3.63) is 15.6 Å². The lowest BCUT2D eigenvalue weighted by Crippen LogP contribution is -2.53. The maximum atomic E-state index is 12.5. The Morgan fingerprint density at radius 2 is 2.05 bits per heavy atom. The minimum Gasteiger partial charge on any atom is -0.350 e. The van der Waals surface area contributed by atoms with E-state index in [9.17, 15) is 4.79 Å². The van der Waals surface area contributed by atoms with Gasteiger partial charge in [-0.15, -0.1) is 11.3 Å². The van der Waals surface area contributed by atoms with Gasteiger partial charge in [0.05, 0.1) is 22.8 Å². The Balaban J connectivity index is 1.97.